The van der Waals surface area contributed by atoms with E-state index in [2.05, 4.69) is 4.72 Å². The van der Waals surface area contributed by atoms with Crippen molar-refractivity contribution in [1.82, 2.24) is 0 Å². The minimum atomic E-state index is -4.04. The van der Waals surface area contributed by atoms with Crippen molar-refractivity contribution in [3.05, 3.63) is 57.9 Å². The third kappa shape index (κ3) is 3.47. The number of benzene rings is 2. The Bertz CT molecular complexity index is 1050. The van der Waals surface area contributed by atoms with Crippen molar-refractivity contribution in [2.45, 2.75) is 31.2 Å². The van der Waals surface area contributed by atoms with Crippen LogP contribution in [0.1, 0.15) is 19.4 Å². The van der Waals surface area contributed by atoms with Crippen LogP contribution in [0.25, 0.3) is 0 Å². The Morgan fingerprint density at radius 3 is 2.63 bits per heavy atom. The Morgan fingerprint density at radius 1 is 1.30 bits per heavy atom. The average molecular weight is 393 g/mol. The lowest BCUT2D eigenvalue weighted by Crippen LogP contribution is -2.33. The number of rotatable bonds is 4. The first kappa shape index (κ1) is 18.8. The lowest BCUT2D eigenvalue weighted by molar-refractivity contribution is -0.387. The Morgan fingerprint density at radius 2 is 2.00 bits per heavy atom. The highest BCUT2D eigenvalue weighted by molar-refractivity contribution is 7.92. The minimum Gasteiger partial charge on any atom is -0.309 e. The van der Waals surface area contributed by atoms with Crippen molar-refractivity contribution >= 4 is 33.0 Å². The summed E-state index contributed by atoms with van der Waals surface area (Å²) in [4.78, 5) is 23.2. The van der Waals surface area contributed by atoms with Crippen molar-refractivity contribution < 1.29 is 22.5 Å². The van der Waals surface area contributed by atoms with Gasteiger partial charge in [-0.25, -0.2) is 8.42 Å². The van der Waals surface area contributed by atoms with Crippen molar-refractivity contribution in [2.24, 2.45) is 0 Å². The van der Waals surface area contributed by atoms with Crippen LogP contribution in [0.15, 0.2) is 41.3 Å². The van der Waals surface area contributed by atoms with E-state index in [1.807, 2.05) is 6.92 Å². The fraction of sp³-hybridized carbons (Fsp3) is 0.235. The smallest absolute Gasteiger partial charge is 0.306 e. The van der Waals surface area contributed by atoms with Gasteiger partial charge in [-0.3, -0.25) is 19.6 Å². The molecule has 8 nitrogen and oxygen atoms in total. The molecule has 1 N–H and O–H groups in total. The van der Waals surface area contributed by atoms with Gasteiger partial charge in [-0.1, -0.05) is 0 Å². The number of sulfonamides is 1. The van der Waals surface area contributed by atoms with Crippen molar-refractivity contribution in [3.63, 3.8) is 0 Å². The largest absolute Gasteiger partial charge is 0.309 e. The molecule has 0 radical (unpaired) electrons. The summed E-state index contributed by atoms with van der Waals surface area (Å²) in [6.07, 6.45) is 0.514. The lowest BCUT2D eigenvalue weighted by Gasteiger charge is -2.20. The molecule has 1 atom stereocenters. The molecule has 0 unspecified atom stereocenters. The van der Waals surface area contributed by atoms with Gasteiger partial charge < -0.3 is 4.90 Å². The molecule has 1 amide bonds. The number of amides is 1. The number of halogens is 1. The van der Waals surface area contributed by atoms with E-state index in [0.717, 1.165) is 18.2 Å². The highest BCUT2D eigenvalue weighted by Gasteiger charge is 2.30. The molecule has 2 aromatic rings. The zero-order valence-electron chi connectivity index (χ0n) is 14.5. The molecule has 1 heterocycles. The summed E-state index contributed by atoms with van der Waals surface area (Å²) >= 11 is 0. The SMILES string of the molecule is CC(=O)N1c2ccc(S(=O)(=O)Nc3ccc(F)c([N+](=O)[O-])c3)cc2C[C@@H]1C. The molecule has 3 rings (SSSR count). The minimum absolute atomic E-state index is 0.0502. The number of nitro groups is 1. The molecule has 10 heteroatoms. The topological polar surface area (TPSA) is 110 Å². The highest BCUT2D eigenvalue weighted by Crippen LogP contribution is 2.34. The first-order valence-corrected chi connectivity index (χ1v) is 9.48. The number of hydrogen-bond acceptors (Lipinski definition) is 5. The van der Waals surface area contributed by atoms with E-state index in [1.165, 1.54) is 19.1 Å². The molecule has 0 spiro atoms. The van der Waals surface area contributed by atoms with Crippen LogP contribution < -0.4 is 9.62 Å². The van der Waals surface area contributed by atoms with E-state index >= 15 is 0 Å². The second-order valence-corrected chi connectivity index (χ2v) is 7.94. The van der Waals surface area contributed by atoms with Crippen LogP contribution in [0.4, 0.5) is 21.5 Å². The third-order valence-corrected chi connectivity index (χ3v) is 5.69. The maximum atomic E-state index is 13.4. The molecule has 0 bridgehead atoms. The maximum absolute atomic E-state index is 13.4. The normalized spacial score (nSPS) is 16.1. The Hall–Kier alpha value is -3.01. The van der Waals surface area contributed by atoms with Gasteiger partial charge in [-0.15, -0.1) is 0 Å². The molecule has 1 aliphatic heterocycles. The van der Waals surface area contributed by atoms with Gasteiger partial charge in [0.15, 0.2) is 0 Å². The number of nitrogens with one attached hydrogen (secondary N) is 1. The van der Waals surface area contributed by atoms with Gasteiger partial charge in [0.05, 0.1) is 15.5 Å². The molecular weight excluding hydrogens is 377 g/mol. The fourth-order valence-electron chi connectivity index (χ4n) is 3.18. The second kappa shape index (κ2) is 6.62. The molecule has 142 valence electrons. The van der Waals surface area contributed by atoms with E-state index in [4.69, 9.17) is 0 Å². The van der Waals surface area contributed by atoms with Crippen LogP contribution >= 0.6 is 0 Å². The molecule has 0 aliphatic carbocycles. The summed E-state index contributed by atoms with van der Waals surface area (Å²) in [5, 5.41) is 10.8. The predicted molar refractivity (Wildman–Crippen MR) is 96.6 cm³/mol. The summed E-state index contributed by atoms with van der Waals surface area (Å²) in [5.74, 6) is -1.19. The van der Waals surface area contributed by atoms with Crippen LogP contribution in [-0.4, -0.2) is 25.3 Å². The van der Waals surface area contributed by atoms with Gasteiger partial charge in [0, 0.05) is 24.7 Å². The van der Waals surface area contributed by atoms with E-state index in [0.29, 0.717) is 17.7 Å². The maximum Gasteiger partial charge on any atom is 0.306 e. The van der Waals surface area contributed by atoms with Gasteiger partial charge in [-0.05, 0) is 49.2 Å². The van der Waals surface area contributed by atoms with Crippen molar-refractivity contribution in [2.75, 3.05) is 9.62 Å². The van der Waals surface area contributed by atoms with Crippen LogP contribution in [0.2, 0.25) is 0 Å². The molecule has 27 heavy (non-hydrogen) atoms. The number of anilines is 2. The van der Waals surface area contributed by atoms with Gasteiger partial charge >= 0.3 is 5.69 Å². The van der Waals surface area contributed by atoms with Crippen LogP contribution in [0.5, 0.6) is 0 Å². The van der Waals surface area contributed by atoms with Crippen LogP contribution in [-0.2, 0) is 21.2 Å². The van der Waals surface area contributed by atoms with Crippen molar-refractivity contribution in [3.8, 4) is 0 Å². The molecule has 1 aliphatic rings. The van der Waals surface area contributed by atoms with Crippen molar-refractivity contribution in [1.29, 1.82) is 0 Å². The number of nitrogens with zero attached hydrogens (tertiary/aromatic N) is 2. The molecule has 0 saturated heterocycles. The molecular formula is C17H16FN3O5S. The summed E-state index contributed by atoms with van der Waals surface area (Å²) in [5.41, 5.74) is 0.425. The number of carbonyl (C=O) groups is 1. The van der Waals surface area contributed by atoms with E-state index in [1.54, 1.807) is 11.0 Å². The van der Waals surface area contributed by atoms with Gasteiger partial charge in [0.1, 0.15) is 0 Å². The molecule has 0 aromatic heterocycles. The van der Waals surface area contributed by atoms with Crippen LogP contribution in [0, 0.1) is 15.9 Å². The summed E-state index contributed by atoms with van der Waals surface area (Å²) < 4.78 is 40.8. The zero-order valence-corrected chi connectivity index (χ0v) is 15.3. The summed E-state index contributed by atoms with van der Waals surface area (Å²) in [7, 11) is -4.04. The Kier molecular flexibility index (Phi) is 4.60. The van der Waals surface area contributed by atoms with Gasteiger partial charge in [-0.2, -0.15) is 4.39 Å². The van der Waals surface area contributed by atoms with E-state index in [-0.39, 0.29) is 22.5 Å². The highest BCUT2D eigenvalue weighted by atomic mass is 32.2. The predicted octanol–water partition coefficient (Wildman–Crippen LogP) is 2.83. The van der Waals surface area contributed by atoms with E-state index in [9.17, 15) is 27.7 Å². The fourth-order valence-corrected chi connectivity index (χ4v) is 4.28. The third-order valence-electron chi connectivity index (χ3n) is 4.31. The quantitative estimate of drug-likeness (QED) is 0.634. The number of hydrogen-bond donors (Lipinski definition) is 1. The van der Waals surface area contributed by atoms with E-state index < -0.39 is 26.5 Å². The lowest BCUT2D eigenvalue weighted by atomic mass is 10.1. The Labute approximate surface area is 154 Å². The monoisotopic (exact) mass is 393 g/mol. The zero-order chi connectivity index (χ0) is 19.9. The summed E-state index contributed by atoms with van der Waals surface area (Å²) in [6.45, 7) is 3.31. The van der Waals surface area contributed by atoms with Gasteiger partial charge in [0.25, 0.3) is 10.0 Å². The number of fused-ring (bicyclic) bond motifs is 1. The van der Waals surface area contributed by atoms with Crippen LogP contribution in [0.3, 0.4) is 0 Å². The molecule has 0 fully saturated rings. The molecule has 2 aromatic carbocycles. The average Bonchev–Trinajstić information content (AvgIpc) is 2.91. The standard InChI is InChI=1S/C17H16FN3O5S/c1-10-7-12-8-14(4-6-16(12)20(10)11(2)22)27(25,26)19-13-3-5-15(18)17(9-13)21(23)24/h3-6,8-10,19H,7H2,1-2H3/t10-/m0/s1. The summed E-state index contributed by atoms with van der Waals surface area (Å²) in [6, 6.07) is 7.05. The first-order valence-electron chi connectivity index (χ1n) is 7.99. The second-order valence-electron chi connectivity index (χ2n) is 6.26. The first-order chi connectivity index (χ1) is 12.6. The van der Waals surface area contributed by atoms with Gasteiger partial charge in [0.2, 0.25) is 11.7 Å². The molecule has 0 saturated carbocycles. The number of nitro benzene ring substituents is 1. The number of carbonyl (C=O) groups excluding carboxylic acids is 1. The Balaban J connectivity index is 1.93.